The number of phenolic OH excluding ortho intramolecular Hbond substituents is 3. The second-order valence-corrected chi connectivity index (χ2v) is 25.9. The maximum atomic E-state index is 11.4. The largest absolute Gasteiger partial charge is 1.00 e. The third-order valence-corrected chi connectivity index (χ3v) is 16.3. The summed E-state index contributed by atoms with van der Waals surface area (Å²) in [4.78, 5) is 53.0. The number of alkyl halides is 1. The van der Waals surface area contributed by atoms with Crippen LogP contribution < -0.4 is 52.5 Å². The van der Waals surface area contributed by atoms with E-state index in [0.717, 1.165) is 79.9 Å². The van der Waals surface area contributed by atoms with Crippen molar-refractivity contribution >= 4 is 35.7 Å². The van der Waals surface area contributed by atoms with E-state index in [9.17, 15) is 19.2 Å². The first-order valence-corrected chi connectivity index (χ1v) is 39.0. The highest BCUT2D eigenvalue weighted by molar-refractivity contribution is 6.18. The number of esters is 2. The van der Waals surface area contributed by atoms with Crippen molar-refractivity contribution in [1.82, 2.24) is 25.3 Å². The average molecular weight is 1640 g/mol. The van der Waals surface area contributed by atoms with Crippen molar-refractivity contribution in [2.75, 3.05) is 97.8 Å². The lowest BCUT2D eigenvalue weighted by Crippen LogP contribution is -3.00. The number of quaternary nitrogens is 1. The van der Waals surface area contributed by atoms with Crippen molar-refractivity contribution in [2.24, 2.45) is 4.99 Å². The molecule has 0 aromatic heterocycles. The Bertz CT molecular complexity index is 4170. The lowest BCUT2D eigenvalue weighted by atomic mass is 10.1. The molecule has 117 heavy (non-hydrogen) atoms. The molecule has 0 fully saturated rings. The molecule has 2 amide bonds. The zero-order valence-corrected chi connectivity index (χ0v) is 69.4. The molecule has 21 nitrogen and oxygen atoms in total. The van der Waals surface area contributed by atoms with E-state index in [1.54, 1.807) is 74.5 Å². The van der Waals surface area contributed by atoms with Crippen LogP contribution in [0, 0.1) is 0 Å². The van der Waals surface area contributed by atoms with Gasteiger partial charge in [-0.15, -0.1) is 11.6 Å². The Morgan fingerprint density at radius 1 is 0.402 bits per heavy atom. The molecule has 0 aliphatic heterocycles. The van der Waals surface area contributed by atoms with Gasteiger partial charge in [0.15, 0.2) is 0 Å². The molecule has 624 valence electrons. The van der Waals surface area contributed by atoms with Gasteiger partial charge in [0, 0.05) is 56.3 Å². The molecule has 23 heteroatoms. The van der Waals surface area contributed by atoms with E-state index in [-0.39, 0.29) is 62.0 Å². The summed E-state index contributed by atoms with van der Waals surface area (Å²) in [6.45, 7) is 29.7. The number of benzene rings is 10. The van der Waals surface area contributed by atoms with Crippen LogP contribution in [0.4, 0.5) is 4.79 Å². The van der Waals surface area contributed by atoms with Gasteiger partial charge in [-0.05, 0) is 164 Å². The SMILES string of the molecule is C=C(C)C(=O)OCCN=C=O.C=C(C)C(=O)OCCNC(=O)NCCOc1ccc(O)cc1.CCN(CC)CC.ClCCN(Cc1ccccc1)Cc1ccccc1.Oc1ccc(OCc2ccccc2)cc1.[Cl-].[NH3+]CCOc1ccc(O)cc1.c1ccc(COc2ccc(OCCN(Cc3ccccc3)Cc3ccccc3)cc2)cc1. The molecule has 0 heterocycles. The summed E-state index contributed by atoms with van der Waals surface area (Å²) in [6.07, 6.45) is 1.33. The summed E-state index contributed by atoms with van der Waals surface area (Å²) in [5.41, 5.74) is 11.9. The lowest BCUT2D eigenvalue weighted by Gasteiger charge is -2.23. The first kappa shape index (κ1) is 99.3. The van der Waals surface area contributed by atoms with E-state index in [1.807, 2.05) is 84.9 Å². The minimum atomic E-state index is -0.482. The number of nitrogens with zero attached hydrogens (tertiary/aromatic N) is 4. The van der Waals surface area contributed by atoms with Crippen molar-refractivity contribution in [3.8, 4) is 46.0 Å². The first-order valence-electron chi connectivity index (χ1n) is 38.5. The van der Waals surface area contributed by atoms with Gasteiger partial charge in [0.25, 0.3) is 0 Å². The minimum Gasteiger partial charge on any atom is -1.00 e. The third-order valence-electron chi connectivity index (χ3n) is 16.1. The van der Waals surface area contributed by atoms with Crippen LogP contribution in [-0.2, 0) is 63.3 Å². The smallest absolute Gasteiger partial charge is 0.333 e. The molecule has 0 spiro atoms. The van der Waals surface area contributed by atoms with Gasteiger partial charge < -0.3 is 82.2 Å². The summed E-state index contributed by atoms with van der Waals surface area (Å²) in [7, 11) is 0. The van der Waals surface area contributed by atoms with E-state index in [0.29, 0.717) is 62.4 Å². The van der Waals surface area contributed by atoms with Crippen LogP contribution in [-0.4, -0.2) is 152 Å². The summed E-state index contributed by atoms with van der Waals surface area (Å²) in [5, 5.41) is 32.2. The lowest BCUT2D eigenvalue weighted by molar-refractivity contribution is -0.370. The topological polar surface area (TPSA) is 267 Å². The molecule has 10 rings (SSSR count). The van der Waals surface area contributed by atoms with Gasteiger partial charge in [0.1, 0.15) is 98.8 Å². The molecule has 0 saturated heterocycles. The van der Waals surface area contributed by atoms with Crippen LogP contribution in [0.5, 0.6) is 46.0 Å². The number of isocyanates is 1. The summed E-state index contributed by atoms with van der Waals surface area (Å²) >= 11 is 5.89. The number of hydrogen-bond acceptors (Lipinski definition) is 18. The molecule has 10 aromatic rings. The molecule has 0 unspecified atom stereocenters. The Hall–Kier alpha value is -11.9. The second kappa shape index (κ2) is 63.4. The molecule has 0 radical (unpaired) electrons. The van der Waals surface area contributed by atoms with Crippen LogP contribution in [0.25, 0.3) is 0 Å². The molecule has 0 atom stereocenters. The van der Waals surface area contributed by atoms with Crippen LogP contribution in [0.1, 0.15) is 68.0 Å². The molecular formula is C94H115Cl2N7O14. The molecule has 0 bridgehead atoms. The van der Waals surface area contributed by atoms with Crippen molar-refractivity contribution in [2.45, 2.75) is 74.0 Å². The Balaban J connectivity index is 0.000000370. The molecular weight excluding hydrogens is 1520 g/mol. The Morgan fingerprint density at radius 2 is 0.692 bits per heavy atom. The van der Waals surface area contributed by atoms with E-state index in [2.05, 4.69) is 196 Å². The number of aromatic hydroxyl groups is 3. The van der Waals surface area contributed by atoms with Crippen molar-refractivity contribution < 1.29 is 85.8 Å². The van der Waals surface area contributed by atoms with Gasteiger partial charge >= 0.3 is 18.0 Å². The third kappa shape index (κ3) is 48.8. The van der Waals surface area contributed by atoms with E-state index in [4.69, 9.17) is 55.3 Å². The second-order valence-electron chi connectivity index (χ2n) is 25.6. The standard InChI is InChI=1S/C29H29NO2.C16H18ClN.C15H20N2O5.C13H12O2.C8H11NO2.C7H9NO3.C6H15N.ClH/c1-4-10-25(11-5-1)22-30(23-26-12-6-2-7-13-26)20-21-31-28-16-18-29(19-17-28)32-24-27-14-8-3-9-15-27;17-11-12-18(13-15-7-3-1-4-8-15)14-16-9-5-2-6-10-16;1-11(2)14(19)22-10-8-17-15(20)16-7-9-21-13-5-3-12(18)4-6-13;14-12-6-8-13(9-7-12)15-10-11-4-2-1-3-5-11;9-5-6-11-8-3-1-7(10)2-4-8;1-6(2)7(10)11-4-3-8-5-9;1-4-7(5-2)6-3;/h1-19H,20-24H2;1-10H,11-14H2;3-6,18H,1,7-10H2,2H3,(H2,16,17,20);1-9,14H,10H2;1-4,10H,5-6,9H2;1,3-4H2,2H3;4-6H2,1-3H3;1H. The van der Waals surface area contributed by atoms with Crippen LogP contribution in [0.3, 0.4) is 0 Å². The molecule has 8 N–H and O–H groups in total. The monoisotopic (exact) mass is 1640 g/mol. The van der Waals surface area contributed by atoms with Crippen LogP contribution in [0.15, 0.2) is 308 Å². The number of halogens is 2. The maximum absolute atomic E-state index is 11.4. The van der Waals surface area contributed by atoms with Crippen molar-refractivity contribution in [1.29, 1.82) is 0 Å². The molecule has 0 aliphatic rings. The fraction of sp³-hybridized carbons (Fsp3) is 0.277. The predicted molar refractivity (Wildman–Crippen MR) is 461 cm³/mol. The maximum Gasteiger partial charge on any atom is 0.333 e. The molecule has 0 saturated carbocycles. The number of rotatable bonds is 38. The van der Waals surface area contributed by atoms with E-state index >= 15 is 0 Å². The average Bonchev–Trinajstić information content (AvgIpc) is 0.903. The number of ether oxygens (including phenoxy) is 7. The fourth-order valence-electron chi connectivity index (χ4n) is 9.99. The number of carbonyl (C=O) groups is 3. The Morgan fingerprint density at radius 3 is 1.00 bits per heavy atom. The first-order chi connectivity index (χ1) is 56.4. The summed E-state index contributed by atoms with van der Waals surface area (Å²) in [6, 6.07) is 89.5. The van der Waals surface area contributed by atoms with Crippen LogP contribution in [0.2, 0.25) is 0 Å². The minimum absolute atomic E-state index is 0. The number of carbonyl (C=O) groups excluding carboxylic acids is 4. The number of nitrogens with one attached hydrogen (secondary N) is 2. The normalized spacial score (nSPS) is 9.97. The van der Waals surface area contributed by atoms with E-state index < -0.39 is 11.9 Å². The zero-order chi connectivity index (χ0) is 83.9. The van der Waals surface area contributed by atoms with Crippen LogP contribution >= 0.6 is 11.6 Å². The van der Waals surface area contributed by atoms with Gasteiger partial charge in [0.2, 0.25) is 6.08 Å². The quantitative estimate of drug-likeness (QED) is 0.00524. The van der Waals surface area contributed by atoms with Crippen molar-refractivity contribution in [3.05, 3.63) is 337 Å². The zero-order valence-electron chi connectivity index (χ0n) is 67.9. The number of aliphatic imine (C=N–C) groups is 1. The van der Waals surface area contributed by atoms with E-state index in [1.165, 1.54) is 60.1 Å². The highest BCUT2D eigenvalue weighted by Crippen LogP contribution is 2.22. The van der Waals surface area contributed by atoms with Crippen molar-refractivity contribution in [3.63, 3.8) is 0 Å². The number of urea groups is 1. The van der Waals surface area contributed by atoms with Gasteiger partial charge in [-0.25, -0.2) is 24.2 Å². The number of phenols is 3. The van der Waals surface area contributed by atoms with Gasteiger partial charge in [-0.3, -0.25) is 9.80 Å². The number of amides is 2. The van der Waals surface area contributed by atoms with Gasteiger partial charge in [-0.2, -0.15) is 0 Å². The summed E-state index contributed by atoms with van der Waals surface area (Å²) in [5.74, 6) is 4.23. The number of hydrogen-bond donors (Lipinski definition) is 6. The predicted octanol–water partition coefficient (Wildman–Crippen LogP) is 13.2. The van der Waals surface area contributed by atoms with Gasteiger partial charge in [-0.1, -0.05) is 216 Å². The molecule has 10 aromatic carbocycles. The highest BCUT2D eigenvalue weighted by Gasteiger charge is 2.11. The Labute approximate surface area is 702 Å². The fourth-order valence-corrected chi connectivity index (χ4v) is 10.2. The highest BCUT2D eigenvalue weighted by atomic mass is 35.5. The molecule has 0 aliphatic carbocycles. The van der Waals surface area contributed by atoms with Gasteiger partial charge in [0.05, 0.1) is 19.6 Å². The Kier molecular flexibility index (Phi) is 53.8. The summed E-state index contributed by atoms with van der Waals surface area (Å²) < 4.78 is 37.4.